The average Bonchev–Trinajstić information content (AvgIpc) is 2.44. The third kappa shape index (κ3) is 3.18. The highest BCUT2D eigenvalue weighted by molar-refractivity contribution is 5.43. The van der Waals surface area contributed by atoms with E-state index in [-0.39, 0.29) is 17.0 Å². The summed E-state index contributed by atoms with van der Waals surface area (Å²) in [5.74, 6) is -0.210. The van der Waals surface area contributed by atoms with Gasteiger partial charge in [-0.15, -0.1) is 0 Å². The second-order valence-electron chi connectivity index (χ2n) is 5.07. The Bertz CT molecular complexity index is 568. The summed E-state index contributed by atoms with van der Waals surface area (Å²) in [6.45, 7) is 7.00. The average molecular weight is 276 g/mol. The number of hydrogen-bond donors (Lipinski definition) is 2. The molecule has 0 atom stereocenters. The van der Waals surface area contributed by atoms with Gasteiger partial charge in [-0.2, -0.15) is 5.26 Å². The Hall–Kier alpha value is -1.84. The van der Waals surface area contributed by atoms with Crippen LogP contribution in [0.25, 0.3) is 0 Å². The molecule has 0 aromatic carbocycles. The van der Waals surface area contributed by atoms with E-state index in [9.17, 15) is 9.90 Å². The van der Waals surface area contributed by atoms with E-state index < -0.39 is 0 Å². The summed E-state index contributed by atoms with van der Waals surface area (Å²) >= 11 is 0. The lowest BCUT2D eigenvalue weighted by Crippen LogP contribution is -2.44. The number of aromatic hydroxyl groups is 1. The van der Waals surface area contributed by atoms with Crippen LogP contribution in [0.3, 0.4) is 0 Å². The predicted octanol–water partition coefficient (Wildman–Crippen LogP) is 0.0293. The molecule has 1 aromatic rings. The molecule has 2 heterocycles. The molecule has 20 heavy (non-hydrogen) atoms. The van der Waals surface area contributed by atoms with Crippen molar-refractivity contribution >= 4 is 0 Å². The van der Waals surface area contributed by atoms with Crippen LogP contribution >= 0.6 is 0 Å². The molecule has 1 aliphatic rings. The van der Waals surface area contributed by atoms with Gasteiger partial charge in [0.2, 0.25) is 5.88 Å². The first-order chi connectivity index (χ1) is 9.63. The van der Waals surface area contributed by atoms with Gasteiger partial charge in [0.1, 0.15) is 11.6 Å². The van der Waals surface area contributed by atoms with Crippen molar-refractivity contribution in [3.63, 3.8) is 0 Å². The van der Waals surface area contributed by atoms with E-state index in [1.165, 1.54) is 10.6 Å². The first-order valence-electron chi connectivity index (χ1n) is 6.90. The molecule has 0 spiro atoms. The van der Waals surface area contributed by atoms with Crippen LogP contribution in [0.2, 0.25) is 0 Å². The quantitative estimate of drug-likeness (QED) is 0.811. The Labute approximate surface area is 118 Å². The van der Waals surface area contributed by atoms with Crippen molar-refractivity contribution in [3.8, 4) is 11.9 Å². The smallest absolute Gasteiger partial charge is 0.253 e. The minimum atomic E-state index is -0.251. The molecule has 1 aromatic heterocycles. The molecular formula is C14H20N4O2. The SMILES string of the molecule is Cc1cc(=O)n(CCCN2CCNCC2)c(O)c1C#N. The fraction of sp³-hybridized carbons (Fsp3) is 0.571. The fourth-order valence-corrected chi connectivity index (χ4v) is 2.49. The highest BCUT2D eigenvalue weighted by Crippen LogP contribution is 2.17. The third-order valence-electron chi connectivity index (χ3n) is 3.66. The van der Waals surface area contributed by atoms with Gasteiger partial charge in [0.25, 0.3) is 5.56 Å². The van der Waals surface area contributed by atoms with Crippen molar-refractivity contribution in [2.75, 3.05) is 32.7 Å². The van der Waals surface area contributed by atoms with Gasteiger partial charge in [0.15, 0.2) is 0 Å². The largest absolute Gasteiger partial charge is 0.493 e. The molecule has 1 fully saturated rings. The van der Waals surface area contributed by atoms with E-state index in [4.69, 9.17) is 5.26 Å². The number of rotatable bonds is 4. The van der Waals surface area contributed by atoms with Crippen molar-refractivity contribution in [2.45, 2.75) is 19.9 Å². The van der Waals surface area contributed by atoms with Crippen LogP contribution in [0.15, 0.2) is 10.9 Å². The van der Waals surface area contributed by atoms with Crippen molar-refractivity contribution < 1.29 is 5.11 Å². The lowest BCUT2D eigenvalue weighted by molar-refractivity contribution is 0.232. The van der Waals surface area contributed by atoms with Crippen molar-refractivity contribution in [1.82, 2.24) is 14.8 Å². The highest BCUT2D eigenvalue weighted by atomic mass is 16.3. The first-order valence-corrected chi connectivity index (χ1v) is 6.90. The molecule has 0 radical (unpaired) electrons. The van der Waals surface area contributed by atoms with Gasteiger partial charge in [-0.3, -0.25) is 9.36 Å². The zero-order valence-corrected chi connectivity index (χ0v) is 11.7. The molecular weight excluding hydrogens is 256 g/mol. The second-order valence-corrected chi connectivity index (χ2v) is 5.07. The van der Waals surface area contributed by atoms with Crippen molar-refractivity contribution in [2.24, 2.45) is 0 Å². The Morgan fingerprint density at radius 2 is 2.10 bits per heavy atom. The van der Waals surface area contributed by atoms with Crippen molar-refractivity contribution in [3.05, 3.63) is 27.5 Å². The molecule has 0 amide bonds. The normalized spacial score (nSPS) is 16.0. The molecule has 1 aliphatic heterocycles. The molecule has 0 aliphatic carbocycles. The summed E-state index contributed by atoms with van der Waals surface area (Å²) < 4.78 is 1.29. The zero-order chi connectivity index (χ0) is 14.5. The first kappa shape index (κ1) is 14.6. The summed E-state index contributed by atoms with van der Waals surface area (Å²) in [4.78, 5) is 14.2. The van der Waals surface area contributed by atoms with Crippen LogP contribution in [-0.2, 0) is 6.54 Å². The van der Waals surface area contributed by atoms with E-state index in [2.05, 4.69) is 10.2 Å². The van der Waals surface area contributed by atoms with E-state index in [1.54, 1.807) is 6.92 Å². The molecule has 2 N–H and O–H groups in total. The van der Waals surface area contributed by atoms with Gasteiger partial charge >= 0.3 is 0 Å². The lowest BCUT2D eigenvalue weighted by atomic mass is 10.1. The number of hydrogen-bond acceptors (Lipinski definition) is 5. The van der Waals surface area contributed by atoms with Gasteiger partial charge < -0.3 is 15.3 Å². The number of nitriles is 1. The van der Waals surface area contributed by atoms with Gasteiger partial charge in [0, 0.05) is 38.8 Å². The topological polar surface area (TPSA) is 81.3 Å². The summed E-state index contributed by atoms with van der Waals surface area (Å²) in [7, 11) is 0. The van der Waals surface area contributed by atoms with E-state index >= 15 is 0 Å². The monoisotopic (exact) mass is 276 g/mol. The van der Waals surface area contributed by atoms with E-state index in [0.717, 1.165) is 39.1 Å². The Morgan fingerprint density at radius 1 is 1.40 bits per heavy atom. The molecule has 6 nitrogen and oxygen atoms in total. The Balaban J connectivity index is 2.02. The molecule has 6 heteroatoms. The van der Waals surface area contributed by atoms with E-state index in [1.807, 2.05) is 6.07 Å². The van der Waals surface area contributed by atoms with Crippen LogP contribution in [-0.4, -0.2) is 47.3 Å². The van der Waals surface area contributed by atoms with Gasteiger partial charge in [-0.05, 0) is 25.5 Å². The summed E-state index contributed by atoms with van der Waals surface area (Å²) in [6, 6.07) is 3.35. The van der Waals surface area contributed by atoms with Crippen LogP contribution in [0.1, 0.15) is 17.5 Å². The number of aromatic nitrogens is 1. The maximum atomic E-state index is 11.9. The molecule has 108 valence electrons. The molecule has 1 saturated heterocycles. The Morgan fingerprint density at radius 3 is 2.75 bits per heavy atom. The number of aryl methyl sites for hydroxylation is 1. The third-order valence-corrected chi connectivity index (χ3v) is 3.66. The predicted molar refractivity (Wildman–Crippen MR) is 75.7 cm³/mol. The molecule has 0 saturated carbocycles. The molecule has 0 unspecified atom stereocenters. The van der Waals surface area contributed by atoms with Crippen molar-refractivity contribution in [1.29, 1.82) is 5.26 Å². The fourth-order valence-electron chi connectivity index (χ4n) is 2.49. The molecule has 0 bridgehead atoms. The lowest BCUT2D eigenvalue weighted by Gasteiger charge is -2.27. The van der Waals surface area contributed by atoms with Crippen LogP contribution < -0.4 is 10.9 Å². The maximum absolute atomic E-state index is 11.9. The highest BCUT2D eigenvalue weighted by Gasteiger charge is 2.13. The number of pyridine rings is 1. The second kappa shape index (κ2) is 6.55. The number of piperazine rings is 1. The van der Waals surface area contributed by atoms with E-state index in [0.29, 0.717) is 12.1 Å². The standard InChI is InChI=1S/C14H20N4O2/c1-11-9-13(19)18(14(20)12(11)10-15)6-2-5-17-7-3-16-4-8-17/h9,16,20H,2-8H2,1H3. The van der Waals surface area contributed by atoms with Crippen LogP contribution in [0.4, 0.5) is 0 Å². The van der Waals surface area contributed by atoms with Crippen LogP contribution in [0, 0.1) is 18.3 Å². The molecule has 2 rings (SSSR count). The number of nitrogens with zero attached hydrogens (tertiary/aromatic N) is 3. The zero-order valence-electron chi connectivity index (χ0n) is 11.7. The van der Waals surface area contributed by atoms with Gasteiger partial charge in [0.05, 0.1) is 0 Å². The summed E-state index contributed by atoms with van der Waals surface area (Å²) in [6.07, 6.45) is 0.779. The number of nitrogens with one attached hydrogen (secondary N) is 1. The minimum absolute atomic E-state index is 0.187. The summed E-state index contributed by atoms with van der Waals surface area (Å²) in [5, 5.41) is 22.3. The van der Waals surface area contributed by atoms with Gasteiger partial charge in [-0.1, -0.05) is 0 Å². The van der Waals surface area contributed by atoms with Crippen LogP contribution in [0.5, 0.6) is 5.88 Å². The summed E-state index contributed by atoms with van der Waals surface area (Å²) in [5.41, 5.74) is 0.458. The van der Waals surface area contributed by atoms with Gasteiger partial charge in [-0.25, -0.2) is 0 Å². The maximum Gasteiger partial charge on any atom is 0.253 e. The minimum Gasteiger partial charge on any atom is -0.493 e. The Kier molecular flexibility index (Phi) is 4.77.